The van der Waals surface area contributed by atoms with Gasteiger partial charge in [-0.15, -0.1) is 0 Å². The second-order valence-corrected chi connectivity index (χ2v) is 15.9. The normalized spacial score (nSPS) is 14.9. The Kier molecular flexibility index (Phi) is 6.93. The minimum atomic E-state index is -0.582. The van der Waals surface area contributed by atoms with E-state index in [2.05, 4.69) is 211 Å². The average Bonchev–Trinajstić information content (AvgIpc) is 3.84. The number of hydrogen-bond acceptors (Lipinski definition) is 3. The number of para-hydroxylation sites is 4. The molecule has 0 amide bonds. The molecule has 0 bridgehead atoms. The summed E-state index contributed by atoms with van der Waals surface area (Å²) in [5.74, 6) is 1.82. The number of benzene rings is 10. The molecule has 1 aliphatic heterocycles. The lowest BCUT2D eigenvalue weighted by atomic mass is 9.65. The van der Waals surface area contributed by atoms with E-state index in [9.17, 15) is 0 Å². The molecule has 1 spiro atoms. The van der Waals surface area contributed by atoms with Gasteiger partial charge in [0.15, 0.2) is 5.58 Å². The van der Waals surface area contributed by atoms with Crippen LogP contribution in [0.25, 0.3) is 65.7 Å². The fraction of sp³-hybridized carbons (Fsp3) is 0.0175. The SMILES string of the molecule is c1ccc(N(c2ccc(-c3cccc4c3-c3ccccc3C43c4ccccc4Oc4c3ccc3ccccc43)c3ccccc23)c2cccc3c2oc2ccccc23)cc1. The summed E-state index contributed by atoms with van der Waals surface area (Å²) in [5.41, 5.74) is 14.1. The number of rotatable bonds is 4. The van der Waals surface area contributed by atoms with Gasteiger partial charge in [0.05, 0.1) is 16.8 Å². The Bertz CT molecular complexity index is 3550. The van der Waals surface area contributed by atoms with Gasteiger partial charge in [-0.05, 0) is 80.6 Å². The van der Waals surface area contributed by atoms with Crippen molar-refractivity contribution >= 4 is 60.5 Å². The van der Waals surface area contributed by atoms with E-state index in [1.807, 2.05) is 6.07 Å². The van der Waals surface area contributed by atoms with Gasteiger partial charge in [-0.2, -0.15) is 0 Å². The van der Waals surface area contributed by atoms with E-state index in [0.29, 0.717) is 0 Å². The number of nitrogens with zero attached hydrogens (tertiary/aromatic N) is 1. The van der Waals surface area contributed by atoms with Crippen LogP contribution >= 0.6 is 0 Å². The van der Waals surface area contributed by atoms with E-state index in [0.717, 1.165) is 66.8 Å². The van der Waals surface area contributed by atoms with Gasteiger partial charge in [-0.3, -0.25) is 0 Å². The predicted molar refractivity (Wildman–Crippen MR) is 246 cm³/mol. The average molecular weight is 766 g/mol. The Morgan fingerprint density at radius 2 is 1.03 bits per heavy atom. The molecule has 2 heterocycles. The second kappa shape index (κ2) is 12.6. The van der Waals surface area contributed by atoms with Crippen LogP contribution in [0.15, 0.2) is 217 Å². The van der Waals surface area contributed by atoms with Gasteiger partial charge in [0.1, 0.15) is 17.1 Å². The lowest BCUT2D eigenvalue weighted by molar-refractivity contribution is 0.441. The highest BCUT2D eigenvalue weighted by molar-refractivity contribution is 6.14. The lowest BCUT2D eigenvalue weighted by Crippen LogP contribution is -2.32. The van der Waals surface area contributed by atoms with E-state index in [1.165, 1.54) is 49.7 Å². The quantitative estimate of drug-likeness (QED) is 0.178. The van der Waals surface area contributed by atoms with Crippen LogP contribution < -0.4 is 9.64 Å². The van der Waals surface area contributed by atoms with Crippen molar-refractivity contribution in [3.63, 3.8) is 0 Å². The summed E-state index contributed by atoms with van der Waals surface area (Å²) in [5, 5.41) is 6.83. The molecule has 1 atom stereocenters. The third-order valence-corrected chi connectivity index (χ3v) is 12.9. The molecule has 0 saturated carbocycles. The summed E-state index contributed by atoms with van der Waals surface area (Å²) in [6.07, 6.45) is 0. The monoisotopic (exact) mass is 765 g/mol. The minimum absolute atomic E-state index is 0.582. The molecule has 1 aliphatic carbocycles. The number of fused-ring (bicyclic) bond motifs is 15. The van der Waals surface area contributed by atoms with Crippen molar-refractivity contribution in [2.45, 2.75) is 5.41 Å². The molecule has 3 heteroatoms. The molecule has 10 aromatic carbocycles. The predicted octanol–water partition coefficient (Wildman–Crippen LogP) is 15.5. The van der Waals surface area contributed by atoms with Crippen LogP contribution in [0.1, 0.15) is 22.3 Å². The highest BCUT2D eigenvalue weighted by Gasteiger charge is 2.52. The number of ether oxygens (including phenoxy) is 1. The maximum absolute atomic E-state index is 6.92. The Morgan fingerprint density at radius 3 is 1.93 bits per heavy atom. The third-order valence-electron chi connectivity index (χ3n) is 12.9. The number of anilines is 3. The summed E-state index contributed by atoms with van der Waals surface area (Å²) >= 11 is 0. The molecule has 1 unspecified atom stereocenters. The van der Waals surface area contributed by atoms with Crippen LogP contribution in [0.2, 0.25) is 0 Å². The van der Waals surface area contributed by atoms with E-state index >= 15 is 0 Å². The first-order chi connectivity index (χ1) is 29.8. The Balaban J connectivity index is 1.08. The number of hydrogen-bond donors (Lipinski definition) is 0. The first kappa shape index (κ1) is 33.1. The van der Waals surface area contributed by atoms with Gasteiger partial charge in [-0.25, -0.2) is 0 Å². The van der Waals surface area contributed by atoms with Crippen molar-refractivity contribution < 1.29 is 9.15 Å². The molecule has 2 aliphatic rings. The van der Waals surface area contributed by atoms with Crippen LogP contribution in [0, 0.1) is 0 Å². The van der Waals surface area contributed by atoms with Gasteiger partial charge < -0.3 is 14.1 Å². The fourth-order valence-corrected chi connectivity index (χ4v) is 10.5. The van der Waals surface area contributed by atoms with Crippen LogP contribution in [0.3, 0.4) is 0 Å². The Morgan fingerprint density at radius 1 is 0.367 bits per heavy atom. The van der Waals surface area contributed by atoms with Crippen molar-refractivity contribution in [3.8, 4) is 33.8 Å². The molecule has 1 aromatic heterocycles. The number of furan rings is 1. The molecule has 0 radical (unpaired) electrons. The zero-order chi connectivity index (χ0) is 39.4. The molecule has 280 valence electrons. The Hall–Kier alpha value is -7.88. The summed E-state index contributed by atoms with van der Waals surface area (Å²) in [7, 11) is 0. The lowest BCUT2D eigenvalue weighted by Gasteiger charge is -2.39. The topological polar surface area (TPSA) is 25.6 Å². The van der Waals surface area contributed by atoms with Crippen molar-refractivity contribution in [2.75, 3.05) is 4.90 Å². The van der Waals surface area contributed by atoms with E-state index in [-0.39, 0.29) is 0 Å². The van der Waals surface area contributed by atoms with Crippen molar-refractivity contribution in [3.05, 3.63) is 235 Å². The van der Waals surface area contributed by atoms with Crippen molar-refractivity contribution in [2.24, 2.45) is 0 Å². The standard InChI is InChI=1S/C57H35NO2/c1-2-17-37(18-3-1)58(51-29-15-25-44-42-22-9-12-30-52(42)59-56(44)51)50-35-33-40(39-20-6-7-21-41(39)50)43-24-14-28-48-54(43)45-23-8-10-26-46(45)57(48)47-27-11-13-31-53(47)60-55-38-19-5-4-16-36(38)32-34-49(55)57/h1-35H. The smallest absolute Gasteiger partial charge is 0.159 e. The molecular weight excluding hydrogens is 731 g/mol. The minimum Gasteiger partial charge on any atom is -0.456 e. The summed E-state index contributed by atoms with van der Waals surface area (Å²) < 4.78 is 13.6. The van der Waals surface area contributed by atoms with Crippen LogP contribution in [0.4, 0.5) is 17.1 Å². The summed E-state index contributed by atoms with van der Waals surface area (Å²) in [4.78, 5) is 2.36. The third kappa shape index (κ3) is 4.44. The van der Waals surface area contributed by atoms with Gasteiger partial charge in [0.2, 0.25) is 0 Å². The molecule has 0 N–H and O–H groups in total. The van der Waals surface area contributed by atoms with Gasteiger partial charge in [-0.1, -0.05) is 176 Å². The Labute approximate surface area is 347 Å². The van der Waals surface area contributed by atoms with Crippen molar-refractivity contribution in [1.29, 1.82) is 0 Å². The molecule has 11 aromatic rings. The van der Waals surface area contributed by atoms with Gasteiger partial charge in [0, 0.05) is 38.4 Å². The molecule has 60 heavy (non-hydrogen) atoms. The highest BCUT2D eigenvalue weighted by atomic mass is 16.5. The summed E-state index contributed by atoms with van der Waals surface area (Å²) in [6.45, 7) is 0. The van der Waals surface area contributed by atoms with Gasteiger partial charge in [0.25, 0.3) is 0 Å². The van der Waals surface area contributed by atoms with Crippen LogP contribution in [0.5, 0.6) is 11.5 Å². The van der Waals surface area contributed by atoms with Crippen molar-refractivity contribution in [1.82, 2.24) is 0 Å². The summed E-state index contributed by atoms with van der Waals surface area (Å²) in [6, 6.07) is 76.6. The van der Waals surface area contributed by atoms with E-state index in [4.69, 9.17) is 9.15 Å². The maximum Gasteiger partial charge on any atom is 0.159 e. The second-order valence-electron chi connectivity index (χ2n) is 15.9. The molecule has 0 saturated heterocycles. The molecule has 0 fully saturated rings. The van der Waals surface area contributed by atoms with E-state index in [1.54, 1.807) is 0 Å². The highest BCUT2D eigenvalue weighted by Crippen LogP contribution is 2.64. The van der Waals surface area contributed by atoms with Crippen LogP contribution in [-0.4, -0.2) is 0 Å². The fourth-order valence-electron chi connectivity index (χ4n) is 10.5. The first-order valence-corrected chi connectivity index (χ1v) is 20.6. The van der Waals surface area contributed by atoms with E-state index < -0.39 is 5.41 Å². The first-order valence-electron chi connectivity index (χ1n) is 20.6. The zero-order valence-electron chi connectivity index (χ0n) is 32.5. The van der Waals surface area contributed by atoms with Crippen LogP contribution in [-0.2, 0) is 5.41 Å². The largest absolute Gasteiger partial charge is 0.456 e. The van der Waals surface area contributed by atoms with Gasteiger partial charge >= 0.3 is 0 Å². The molecule has 13 rings (SSSR count). The zero-order valence-corrected chi connectivity index (χ0v) is 32.5. The maximum atomic E-state index is 6.92. The molecule has 3 nitrogen and oxygen atoms in total. The molecular formula is C57H35NO2.